The van der Waals surface area contributed by atoms with E-state index in [1.54, 1.807) is 16.9 Å². The lowest BCUT2D eigenvalue weighted by Gasteiger charge is -2.52. The van der Waals surface area contributed by atoms with Crippen LogP contribution in [0.15, 0.2) is 18.5 Å². The van der Waals surface area contributed by atoms with Crippen LogP contribution in [0.4, 0.5) is 0 Å². The van der Waals surface area contributed by atoms with Gasteiger partial charge in [-0.15, -0.1) is 0 Å². The third-order valence-electron chi connectivity index (χ3n) is 6.40. The van der Waals surface area contributed by atoms with Crippen molar-refractivity contribution in [3.63, 3.8) is 0 Å². The van der Waals surface area contributed by atoms with Crippen molar-refractivity contribution in [1.82, 2.24) is 24.4 Å². The number of likely N-dealkylation sites (tertiary alicyclic amines) is 1. The van der Waals surface area contributed by atoms with Crippen molar-refractivity contribution in [3.8, 4) is 0 Å². The van der Waals surface area contributed by atoms with E-state index >= 15 is 0 Å². The first kappa shape index (κ1) is 19.3. The zero-order chi connectivity index (χ0) is 19.9. The number of morpholine rings is 1. The number of β-amino-alcohol motifs (C(OH)–C–C–N with tert-alkyl or cyclic N) is 1. The van der Waals surface area contributed by atoms with Crippen molar-refractivity contribution >= 4 is 11.6 Å². The fourth-order valence-corrected chi connectivity index (χ4v) is 4.33. The zero-order valence-electron chi connectivity index (χ0n) is 16.9. The molecule has 4 heterocycles. The molecule has 0 bridgehead atoms. The SMILES string of the molecule is Cc1c(C(=O)N2CCC(O)(CN3CCOCC3)C(C)(C)C2)cnc2ccnn12. The first-order valence-corrected chi connectivity index (χ1v) is 9.92. The first-order chi connectivity index (χ1) is 13.3. The Hall–Kier alpha value is -2.03. The molecule has 0 aliphatic carbocycles. The summed E-state index contributed by atoms with van der Waals surface area (Å²) in [5.41, 5.74) is 0.821. The van der Waals surface area contributed by atoms with Gasteiger partial charge in [0.2, 0.25) is 0 Å². The summed E-state index contributed by atoms with van der Waals surface area (Å²) in [6.07, 6.45) is 3.87. The van der Waals surface area contributed by atoms with E-state index in [-0.39, 0.29) is 5.91 Å². The standard InChI is InChI=1S/C20H29N5O3/c1-15-16(12-21-17-4-6-22-25(15)17)18(26)24-7-5-20(27,19(2,3)13-24)14-23-8-10-28-11-9-23/h4,6,12,27H,5,7-11,13-14H2,1-3H3. The molecular weight excluding hydrogens is 358 g/mol. The predicted octanol–water partition coefficient (Wildman–Crippen LogP) is 0.973. The Balaban J connectivity index is 1.51. The van der Waals surface area contributed by atoms with Gasteiger partial charge in [-0.05, 0) is 13.3 Å². The highest BCUT2D eigenvalue weighted by atomic mass is 16.5. The van der Waals surface area contributed by atoms with E-state index in [0.717, 1.165) is 24.4 Å². The molecule has 1 N–H and O–H groups in total. The van der Waals surface area contributed by atoms with Crippen LogP contribution in [0.25, 0.3) is 5.65 Å². The highest BCUT2D eigenvalue weighted by molar-refractivity contribution is 5.95. The smallest absolute Gasteiger partial charge is 0.257 e. The van der Waals surface area contributed by atoms with Crippen LogP contribution < -0.4 is 0 Å². The number of amides is 1. The quantitative estimate of drug-likeness (QED) is 0.845. The Morgan fingerprint density at radius 2 is 2.04 bits per heavy atom. The van der Waals surface area contributed by atoms with Crippen LogP contribution in [-0.2, 0) is 4.74 Å². The molecule has 2 fully saturated rings. The molecule has 28 heavy (non-hydrogen) atoms. The van der Waals surface area contributed by atoms with Gasteiger partial charge in [0.05, 0.1) is 36.3 Å². The summed E-state index contributed by atoms with van der Waals surface area (Å²) in [6, 6.07) is 1.82. The lowest BCUT2D eigenvalue weighted by atomic mass is 9.69. The van der Waals surface area contributed by atoms with Crippen molar-refractivity contribution in [3.05, 3.63) is 29.7 Å². The van der Waals surface area contributed by atoms with E-state index in [0.29, 0.717) is 44.8 Å². The van der Waals surface area contributed by atoms with Gasteiger partial charge < -0.3 is 14.7 Å². The summed E-state index contributed by atoms with van der Waals surface area (Å²) < 4.78 is 7.11. The van der Waals surface area contributed by atoms with Crippen molar-refractivity contribution in [2.45, 2.75) is 32.8 Å². The van der Waals surface area contributed by atoms with E-state index in [1.807, 2.05) is 17.9 Å². The molecule has 8 nitrogen and oxygen atoms in total. The minimum absolute atomic E-state index is 0.0519. The number of aromatic nitrogens is 3. The molecule has 8 heteroatoms. The van der Waals surface area contributed by atoms with Crippen LogP contribution in [0.3, 0.4) is 0 Å². The van der Waals surface area contributed by atoms with E-state index in [9.17, 15) is 9.90 Å². The highest BCUT2D eigenvalue weighted by Crippen LogP contribution is 2.40. The van der Waals surface area contributed by atoms with Crippen molar-refractivity contribution < 1.29 is 14.6 Å². The lowest BCUT2D eigenvalue weighted by Crippen LogP contribution is -2.63. The topological polar surface area (TPSA) is 83.2 Å². The number of hydrogen-bond acceptors (Lipinski definition) is 6. The number of fused-ring (bicyclic) bond motifs is 1. The van der Waals surface area contributed by atoms with Crippen molar-refractivity contribution in [1.29, 1.82) is 0 Å². The molecule has 2 aliphatic rings. The Morgan fingerprint density at radius 3 is 2.75 bits per heavy atom. The molecule has 0 spiro atoms. The summed E-state index contributed by atoms with van der Waals surface area (Å²) in [5, 5.41) is 15.7. The molecule has 1 atom stereocenters. The molecule has 4 rings (SSSR count). The van der Waals surface area contributed by atoms with Crippen molar-refractivity contribution in [2.24, 2.45) is 5.41 Å². The molecule has 1 amide bonds. The van der Waals surface area contributed by atoms with Gasteiger partial charge in [-0.25, -0.2) is 9.50 Å². The molecule has 2 aromatic rings. The molecule has 0 aromatic carbocycles. The zero-order valence-corrected chi connectivity index (χ0v) is 16.9. The van der Waals surface area contributed by atoms with Crippen LogP contribution in [0.2, 0.25) is 0 Å². The van der Waals surface area contributed by atoms with Gasteiger partial charge >= 0.3 is 0 Å². The van der Waals surface area contributed by atoms with E-state index in [2.05, 4.69) is 28.8 Å². The maximum absolute atomic E-state index is 13.2. The minimum Gasteiger partial charge on any atom is -0.388 e. The van der Waals surface area contributed by atoms with E-state index in [1.165, 1.54) is 0 Å². The number of piperidine rings is 1. The first-order valence-electron chi connectivity index (χ1n) is 9.92. The van der Waals surface area contributed by atoms with Gasteiger partial charge in [-0.2, -0.15) is 5.10 Å². The fraction of sp³-hybridized carbons (Fsp3) is 0.650. The van der Waals surface area contributed by atoms with Crippen LogP contribution in [0, 0.1) is 12.3 Å². The molecule has 152 valence electrons. The van der Waals surface area contributed by atoms with Crippen LogP contribution in [0.5, 0.6) is 0 Å². The molecule has 0 saturated carbocycles. The Labute approximate surface area is 165 Å². The van der Waals surface area contributed by atoms with Crippen LogP contribution in [0.1, 0.15) is 36.3 Å². The molecule has 2 aliphatic heterocycles. The Bertz CT molecular complexity index is 874. The normalized spacial score (nSPS) is 25.9. The third-order valence-corrected chi connectivity index (χ3v) is 6.40. The van der Waals surface area contributed by atoms with Gasteiger partial charge in [0, 0.05) is 50.4 Å². The highest BCUT2D eigenvalue weighted by Gasteiger charge is 2.49. The lowest BCUT2D eigenvalue weighted by molar-refractivity contribution is -0.133. The largest absolute Gasteiger partial charge is 0.388 e. The fourth-order valence-electron chi connectivity index (χ4n) is 4.33. The second kappa shape index (κ2) is 7.09. The van der Waals surface area contributed by atoms with Gasteiger partial charge in [-0.1, -0.05) is 13.8 Å². The third kappa shape index (κ3) is 3.29. The number of carbonyl (C=O) groups excluding carboxylic acids is 1. The van der Waals surface area contributed by atoms with Crippen LogP contribution >= 0.6 is 0 Å². The molecule has 2 saturated heterocycles. The number of aliphatic hydroxyl groups is 1. The van der Waals surface area contributed by atoms with E-state index < -0.39 is 11.0 Å². The molecule has 0 radical (unpaired) electrons. The number of hydrogen-bond donors (Lipinski definition) is 1. The average Bonchev–Trinajstić information content (AvgIpc) is 3.14. The molecular formula is C20H29N5O3. The molecule has 1 unspecified atom stereocenters. The van der Waals surface area contributed by atoms with Gasteiger partial charge in [0.15, 0.2) is 5.65 Å². The van der Waals surface area contributed by atoms with Gasteiger partial charge in [0.25, 0.3) is 5.91 Å². The van der Waals surface area contributed by atoms with E-state index in [4.69, 9.17) is 4.74 Å². The van der Waals surface area contributed by atoms with Crippen LogP contribution in [-0.4, -0.2) is 87.0 Å². The second-order valence-corrected chi connectivity index (χ2v) is 8.64. The van der Waals surface area contributed by atoms with Gasteiger partial charge in [-0.3, -0.25) is 9.69 Å². The summed E-state index contributed by atoms with van der Waals surface area (Å²) >= 11 is 0. The minimum atomic E-state index is -0.833. The number of aryl methyl sites for hydroxylation is 1. The average molecular weight is 387 g/mol. The number of rotatable bonds is 3. The number of carbonyl (C=O) groups is 1. The number of ether oxygens (including phenoxy) is 1. The summed E-state index contributed by atoms with van der Waals surface area (Å²) in [7, 11) is 0. The monoisotopic (exact) mass is 387 g/mol. The van der Waals surface area contributed by atoms with Crippen molar-refractivity contribution in [2.75, 3.05) is 45.9 Å². The summed E-state index contributed by atoms with van der Waals surface area (Å²) in [6.45, 7) is 10.7. The Morgan fingerprint density at radius 1 is 1.29 bits per heavy atom. The summed E-state index contributed by atoms with van der Waals surface area (Å²) in [4.78, 5) is 21.7. The number of nitrogens with zero attached hydrogens (tertiary/aromatic N) is 5. The van der Waals surface area contributed by atoms with Gasteiger partial charge in [0.1, 0.15) is 0 Å². The Kier molecular flexibility index (Phi) is 4.89. The second-order valence-electron chi connectivity index (χ2n) is 8.64. The maximum Gasteiger partial charge on any atom is 0.257 e. The molecule has 2 aromatic heterocycles. The predicted molar refractivity (Wildman–Crippen MR) is 104 cm³/mol. The summed E-state index contributed by atoms with van der Waals surface area (Å²) in [5.74, 6) is -0.0519. The maximum atomic E-state index is 13.2.